The van der Waals surface area contributed by atoms with Crippen molar-refractivity contribution in [3.05, 3.63) is 29.0 Å². The minimum absolute atomic E-state index is 0. The summed E-state index contributed by atoms with van der Waals surface area (Å²) in [6.07, 6.45) is 1.29. The van der Waals surface area contributed by atoms with Crippen molar-refractivity contribution in [1.29, 1.82) is 0 Å². The summed E-state index contributed by atoms with van der Waals surface area (Å²) in [4.78, 5) is 12.2. The van der Waals surface area contributed by atoms with Gasteiger partial charge in [0.1, 0.15) is 11.6 Å². The number of piperidine rings is 1. The topological polar surface area (TPSA) is 50.4 Å². The van der Waals surface area contributed by atoms with E-state index in [1.165, 1.54) is 12.1 Å². The van der Waals surface area contributed by atoms with E-state index >= 15 is 0 Å². The molecule has 7 heteroatoms. The quantitative estimate of drug-likeness (QED) is 0.877. The second kappa shape index (κ2) is 8.56. The molecule has 1 fully saturated rings. The van der Waals surface area contributed by atoms with Gasteiger partial charge in [-0.15, -0.1) is 12.4 Å². The Labute approximate surface area is 141 Å². The van der Waals surface area contributed by atoms with Gasteiger partial charge in [-0.25, -0.2) is 4.39 Å². The first-order valence-electron chi connectivity index (χ1n) is 7.13. The molecule has 4 nitrogen and oxygen atoms in total. The van der Waals surface area contributed by atoms with Gasteiger partial charge in [-0.2, -0.15) is 0 Å². The number of carbonyl (C=O) groups is 1. The number of nitrogens with one attached hydrogen (secondary N) is 2. The molecule has 1 aliphatic heterocycles. The zero-order valence-electron chi connectivity index (χ0n) is 12.6. The first-order chi connectivity index (χ1) is 9.97. The predicted molar refractivity (Wildman–Crippen MR) is 87.4 cm³/mol. The Kier molecular flexibility index (Phi) is 7.39. The van der Waals surface area contributed by atoms with Gasteiger partial charge in [0.05, 0.1) is 5.02 Å². The molecule has 2 N–H and O–H groups in total. The molecule has 1 amide bonds. The Morgan fingerprint density at radius 3 is 2.91 bits per heavy atom. The molecule has 0 spiro atoms. The third-order valence-electron chi connectivity index (χ3n) is 3.66. The second-order valence-electron chi connectivity index (χ2n) is 5.33. The van der Waals surface area contributed by atoms with Crippen molar-refractivity contribution >= 4 is 29.9 Å². The zero-order chi connectivity index (χ0) is 15.4. The third kappa shape index (κ3) is 5.00. The van der Waals surface area contributed by atoms with Crippen molar-refractivity contribution in [3.63, 3.8) is 0 Å². The second-order valence-corrected chi connectivity index (χ2v) is 5.74. The summed E-state index contributed by atoms with van der Waals surface area (Å²) < 4.78 is 18.5. The van der Waals surface area contributed by atoms with Gasteiger partial charge in [-0.3, -0.25) is 4.79 Å². The number of amides is 1. The zero-order valence-corrected chi connectivity index (χ0v) is 14.1. The smallest absolute Gasteiger partial charge is 0.261 e. The highest BCUT2D eigenvalue weighted by Gasteiger charge is 2.25. The van der Waals surface area contributed by atoms with Crippen LogP contribution in [-0.4, -0.2) is 30.6 Å². The maximum absolute atomic E-state index is 13.0. The van der Waals surface area contributed by atoms with Crippen LogP contribution in [0, 0.1) is 5.82 Å². The molecule has 124 valence electrons. The fraction of sp³-hybridized carbons (Fsp3) is 0.533. The minimum Gasteiger partial charge on any atom is -0.479 e. The molecular formula is C15H21Cl2FN2O2. The number of halogens is 3. The van der Waals surface area contributed by atoms with Gasteiger partial charge in [0.2, 0.25) is 0 Å². The number of hydrogen-bond donors (Lipinski definition) is 2. The van der Waals surface area contributed by atoms with E-state index in [1.54, 1.807) is 6.92 Å². The highest BCUT2D eigenvalue weighted by Crippen LogP contribution is 2.25. The summed E-state index contributed by atoms with van der Waals surface area (Å²) in [6.45, 7) is 4.67. The number of rotatable bonds is 4. The van der Waals surface area contributed by atoms with Crippen molar-refractivity contribution < 1.29 is 13.9 Å². The summed E-state index contributed by atoms with van der Waals surface area (Å²) in [5, 5.41) is 6.45. The first kappa shape index (κ1) is 19.0. The molecule has 1 heterocycles. The van der Waals surface area contributed by atoms with E-state index < -0.39 is 11.9 Å². The lowest BCUT2D eigenvalue weighted by atomic mass is 10.00. The van der Waals surface area contributed by atoms with Crippen LogP contribution in [-0.2, 0) is 4.79 Å². The van der Waals surface area contributed by atoms with Crippen LogP contribution < -0.4 is 15.4 Å². The van der Waals surface area contributed by atoms with Gasteiger partial charge in [0.15, 0.2) is 6.10 Å². The monoisotopic (exact) mass is 350 g/mol. The lowest BCUT2D eigenvalue weighted by molar-refractivity contribution is -0.128. The predicted octanol–water partition coefficient (Wildman–Crippen LogP) is 2.92. The van der Waals surface area contributed by atoms with E-state index in [9.17, 15) is 9.18 Å². The van der Waals surface area contributed by atoms with Gasteiger partial charge in [0, 0.05) is 12.1 Å². The molecule has 1 saturated heterocycles. The summed E-state index contributed by atoms with van der Waals surface area (Å²) in [5.74, 6) is -0.335. The summed E-state index contributed by atoms with van der Waals surface area (Å²) in [6, 6.07) is 4.17. The fourth-order valence-electron chi connectivity index (χ4n) is 2.36. The lowest BCUT2D eigenvalue weighted by Gasteiger charge is -2.31. The molecule has 0 aromatic heterocycles. The van der Waals surface area contributed by atoms with Crippen LogP contribution >= 0.6 is 24.0 Å². The van der Waals surface area contributed by atoms with Crippen LogP contribution in [0.1, 0.15) is 26.7 Å². The van der Waals surface area contributed by atoms with Gasteiger partial charge >= 0.3 is 0 Å². The van der Waals surface area contributed by atoms with Gasteiger partial charge in [-0.1, -0.05) is 11.6 Å². The van der Waals surface area contributed by atoms with Gasteiger partial charge in [0.25, 0.3) is 5.91 Å². The Morgan fingerprint density at radius 1 is 1.55 bits per heavy atom. The Hall–Kier alpha value is -1.04. The Balaban J connectivity index is 0.00000242. The molecule has 0 bridgehead atoms. The molecule has 3 atom stereocenters. The van der Waals surface area contributed by atoms with Gasteiger partial charge in [-0.05, 0) is 51.4 Å². The molecule has 22 heavy (non-hydrogen) atoms. The number of hydrogen-bond acceptors (Lipinski definition) is 3. The van der Waals surface area contributed by atoms with E-state index in [4.69, 9.17) is 16.3 Å². The van der Waals surface area contributed by atoms with Gasteiger partial charge < -0.3 is 15.4 Å². The number of benzene rings is 1. The van der Waals surface area contributed by atoms with Crippen LogP contribution in [0.5, 0.6) is 5.75 Å². The van der Waals surface area contributed by atoms with E-state index in [0.29, 0.717) is 5.75 Å². The number of carbonyl (C=O) groups excluding carboxylic acids is 1. The maximum atomic E-state index is 13.0. The molecular weight excluding hydrogens is 330 g/mol. The van der Waals surface area contributed by atoms with Crippen LogP contribution in [0.2, 0.25) is 5.02 Å². The molecule has 1 aromatic carbocycles. The average Bonchev–Trinajstić information content (AvgIpc) is 2.44. The van der Waals surface area contributed by atoms with E-state index in [0.717, 1.165) is 25.5 Å². The molecule has 1 aromatic rings. The molecule has 3 unspecified atom stereocenters. The fourth-order valence-corrected chi connectivity index (χ4v) is 2.57. The molecule has 0 aliphatic carbocycles. The van der Waals surface area contributed by atoms with Crippen molar-refractivity contribution in [2.24, 2.45) is 0 Å². The van der Waals surface area contributed by atoms with Crippen molar-refractivity contribution in [2.75, 3.05) is 6.54 Å². The van der Waals surface area contributed by atoms with Crippen molar-refractivity contribution in [2.45, 2.75) is 44.9 Å². The summed E-state index contributed by atoms with van der Waals surface area (Å²) in [5.41, 5.74) is 0. The summed E-state index contributed by atoms with van der Waals surface area (Å²) in [7, 11) is 0. The molecule has 2 rings (SSSR count). The third-order valence-corrected chi connectivity index (χ3v) is 3.95. The SMILES string of the molecule is CC(Oc1ccc(F)cc1Cl)C(=O)NC1CCCNC1C.Cl. The van der Waals surface area contributed by atoms with Crippen LogP contribution in [0.25, 0.3) is 0 Å². The van der Waals surface area contributed by atoms with Crippen molar-refractivity contribution in [3.8, 4) is 5.75 Å². The molecule has 0 radical (unpaired) electrons. The minimum atomic E-state index is -0.693. The van der Waals surface area contributed by atoms with Crippen LogP contribution in [0.3, 0.4) is 0 Å². The average molecular weight is 351 g/mol. The highest BCUT2D eigenvalue weighted by atomic mass is 35.5. The van der Waals surface area contributed by atoms with E-state index in [1.807, 2.05) is 6.92 Å². The van der Waals surface area contributed by atoms with Crippen molar-refractivity contribution in [1.82, 2.24) is 10.6 Å². The molecule has 1 aliphatic rings. The van der Waals surface area contributed by atoms with Crippen LogP contribution in [0.15, 0.2) is 18.2 Å². The molecule has 0 saturated carbocycles. The first-order valence-corrected chi connectivity index (χ1v) is 7.50. The van der Waals surface area contributed by atoms with Crippen LogP contribution in [0.4, 0.5) is 4.39 Å². The highest BCUT2D eigenvalue weighted by molar-refractivity contribution is 6.32. The maximum Gasteiger partial charge on any atom is 0.261 e. The Morgan fingerprint density at radius 2 is 2.27 bits per heavy atom. The normalized spacial score (nSPS) is 22.4. The van der Waals surface area contributed by atoms with E-state index in [2.05, 4.69) is 10.6 Å². The van der Waals surface area contributed by atoms with E-state index in [-0.39, 0.29) is 35.4 Å². The number of ether oxygens (including phenoxy) is 1. The summed E-state index contributed by atoms with van der Waals surface area (Å²) >= 11 is 5.89. The largest absolute Gasteiger partial charge is 0.479 e. The Bertz CT molecular complexity index is 516. The standard InChI is InChI=1S/C15H20ClFN2O2.ClH/c1-9-13(4-3-7-18-9)19-15(20)10(2)21-14-6-5-11(17)8-12(14)16;/h5-6,8-10,13,18H,3-4,7H2,1-2H3,(H,19,20);1H. The lowest BCUT2D eigenvalue weighted by Crippen LogP contribution is -2.54.